The number of hydrogen-bond donors (Lipinski definition) is 0. The molecular weight excluding hydrogens is 558 g/mol. The van der Waals surface area contributed by atoms with Gasteiger partial charge >= 0.3 is 0 Å². The van der Waals surface area contributed by atoms with Crippen LogP contribution in [0.1, 0.15) is 0 Å². The quantitative estimate of drug-likeness (QED) is 0.196. The van der Waals surface area contributed by atoms with E-state index in [9.17, 15) is 0 Å². The Balaban J connectivity index is 1.24. The highest BCUT2D eigenvalue weighted by atomic mass is 15.0. The topological polar surface area (TPSA) is 22.8 Å². The van der Waals surface area contributed by atoms with Gasteiger partial charge < -0.3 is 9.13 Å². The maximum atomic E-state index is 5.14. The van der Waals surface area contributed by atoms with Gasteiger partial charge in [0.25, 0.3) is 0 Å². The second-order valence-corrected chi connectivity index (χ2v) is 11.7. The first-order valence-corrected chi connectivity index (χ1v) is 15.6. The highest BCUT2D eigenvalue weighted by Gasteiger charge is 2.17. The van der Waals surface area contributed by atoms with Crippen LogP contribution in [0, 0.1) is 0 Å². The monoisotopic (exact) mass is 587 g/mol. The number of aromatic nitrogens is 3. The predicted octanol–water partition coefficient (Wildman–Crippen LogP) is 11.1. The molecule has 0 N–H and O–H groups in total. The normalized spacial score (nSPS) is 11.5. The lowest BCUT2D eigenvalue weighted by Gasteiger charge is -2.16. The third-order valence-corrected chi connectivity index (χ3v) is 8.92. The van der Waals surface area contributed by atoms with Crippen molar-refractivity contribution >= 4 is 32.7 Å². The molecule has 0 saturated heterocycles. The first kappa shape index (κ1) is 26.2. The van der Waals surface area contributed by atoms with Gasteiger partial charge in [0.2, 0.25) is 0 Å². The van der Waals surface area contributed by atoms with E-state index in [-0.39, 0.29) is 0 Å². The molecule has 0 saturated carbocycles. The Hall–Kier alpha value is -6.19. The summed E-state index contributed by atoms with van der Waals surface area (Å²) in [4.78, 5) is 5.14. The fourth-order valence-corrected chi connectivity index (χ4v) is 6.79. The lowest BCUT2D eigenvalue weighted by molar-refractivity contribution is 1.12. The van der Waals surface area contributed by atoms with E-state index < -0.39 is 0 Å². The summed E-state index contributed by atoms with van der Waals surface area (Å²) >= 11 is 0. The molecule has 3 heterocycles. The first-order valence-electron chi connectivity index (χ1n) is 15.6. The van der Waals surface area contributed by atoms with Crippen LogP contribution in [0.15, 0.2) is 176 Å². The summed E-state index contributed by atoms with van der Waals surface area (Å²) in [5.74, 6) is 0. The molecule has 3 aromatic heterocycles. The average molecular weight is 588 g/mol. The number of para-hydroxylation sites is 3. The lowest BCUT2D eigenvalue weighted by Crippen LogP contribution is -2.00. The second-order valence-electron chi connectivity index (χ2n) is 11.7. The molecule has 0 unspecified atom stereocenters. The second kappa shape index (κ2) is 10.8. The van der Waals surface area contributed by atoms with Crippen LogP contribution in [0.5, 0.6) is 0 Å². The molecule has 6 aromatic carbocycles. The zero-order chi connectivity index (χ0) is 30.5. The Morgan fingerprint density at radius 3 is 1.43 bits per heavy atom. The fraction of sp³-hybridized carbons (Fsp3) is 0. The SMILES string of the molecule is c1ccc(-c2cc(-n3c(-c4ccc(-n5c6ccccc6c6ccccc65)cc4)cc4ccccc43)cc(-c3ccccc3)n2)cc1. The van der Waals surface area contributed by atoms with E-state index in [4.69, 9.17) is 4.98 Å². The summed E-state index contributed by atoms with van der Waals surface area (Å²) in [5.41, 5.74) is 12.2. The summed E-state index contributed by atoms with van der Waals surface area (Å²) in [6, 6.07) is 62.5. The van der Waals surface area contributed by atoms with Crippen molar-refractivity contribution in [3.63, 3.8) is 0 Å². The van der Waals surface area contributed by atoms with Gasteiger partial charge in [0.05, 0.1) is 39.3 Å². The predicted molar refractivity (Wildman–Crippen MR) is 192 cm³/mol. The largest absolute Gasteiger partial charge is 0.309 e. The van der Waals surface area contributed by atoms with E-state index in [1.807, 2.05) is 12.1 Å². The van der Waals surface area contributed by atoms with E-state index >= 15 is 0 Å². The maximum absolute atomic E-state index is 5.14. The number of fused-ring (bicyclic) bond motifs is 4. The molecule has 0 aliphatic rings. The molecule has 0 aliphatic heterocycles. The van der Waals surface area contributed by atoms with Crippen LogP contribution in [-0.4, -0.2) is 14.1 Å². The van der Waals surface area contributed by atoms with Crippen LogP contribution >= 0.6 is 0 Å². The van der Waals surface area contributed by atoms with E-state index in [2.05, 4.69) is 173 Å². The molecule has 0 aliphatic carbocycles. The van der Waals surface area contributed by atoms with Crippen molar-refractivity contribution in [3.8, 4) is 45.1 Å². The van der Waals surface area contributed by atoms with Crippen molar-refractivity contribution in [2.75, 3.05) is 0 Å². The summed E-state index contributed by atoms with van der Waals surface area (Å²) in [7, 11) is 0. The zero-order valence-corrected chi connectivity index (χ0v) is 25.1. The van der Waals surface area contributed by atoms with Crippen molar-refractivity contribution in [1.29, 1.82) is 0 Å². The van der Waals surface area contributed by atoms with E-state index in [0.717, 1.165) is 50.7 Å². The van der Waals surface area contributed by atoms with Crippen LogP contribution in [0.2, 0.25) is 0 Å². The van der Waals surface area contributed by atoms with Gasteiger partial charge in [-0.05, 0) is 54.1 Å². The van der Waals surface area contributed by atoms with Gasteiger partial charge in [0, 0.05) is 33.0 Å². The van der Waals surface area contributed by atoms with Crippen molar-refractivity contribution in [3.05, 3.63) is 176 Å². The number of rotatable bonds is 5. The smallest absolute Gasteiger partial charge is 0.0730 e. The van der Waals surface area contributed by atoms with Crippen molar-refractivity contribution in [1.82, 2.24) is 14.1 Å². The highest BCUT2D eigenvalue weighted by molar-refractivity contribution is 6.09. The molecule has 9 rings (SSSR count). The minimum atomic E-state index is 0.947. The van der Waals surface area contributed by atoms with Gasteiger partial charge in [-0.3, -0.25) is 0 Å². The minimum absolute atomic E-state index is 0.947. The van der Waals surface area contributed by atoms with Gasteiger partial charge in [-0.25, -0.2) is 4.98 Å². The molecule has 3 heteroatoms. The highest BCUT2D eigenvalue weighted by Crippen LogP contribution is 2.36. The Bertz CT molecular complexity index is 2390. The van der Waals surface area contributed by atoms with E-state index in [0.29, 0.717) is 0 Å². The van der Waals surface area contributed by atoms with Crippen molar-refractivity contribution in [2.24, 2.45) is 0 Å². The Kier molecular flexibility index (Phi) is 6.14. The number of benzene rings is 6. The summed E-state index contributed by atoms with van der Waals surface area (Å²) < 4.78 is 4.75. The zero-order valence-electron chi connectivity index (χ0n) is 25.1. The summed E-state index contributed by atoms with van der Waals surface area (Å²) in [5, 5.41) is 3.73. The molecule has 0 spiro atoms. The van der Waals surface area contributed by atoms with Crippen LogP contribution < -0.4 is 0 Å². The third-order valence-electron chi connectivity index (χ3n) is 8.92. The van der Waals surface area contributed by atoms with Gasteiger partial charge in [-0.1, -0.05) is 127 Å². The first-order chi connectivity index (χ1) is 22.8. The van der Waals surface area contributed by atoms with Crippen LogP contribution in [0.3, 0.4) is 0 Å². The van der Waals surface area contributed by atoms with Gasteiger partial charge in [0.15, 0.2) is 0 Å². The molecular formula is C43H29N3. The fourth-order valence-electron chi connectivity index (χ4n) is 6.79. The lowest BCUT2D eigenvalue weighted by atomic mass is 10.1. The molecule has 46 heavy (non-hydrogen) atoms. The van der Waals surface area contributed by atoms with Gasteiger partial charge in [0.1, 0.15) is 0 Å². The van der Waals surface area contributed by atoms with Gasteiger partial charge in [-0.15, -0.1) is 0 Å². The van der Waals surface area contributed by atoms with Crippen molar-refractivity contribution in [2.45, 2.75) is 0 Å². The maximum Gasteiger partial charge on any atom is 0.0730 e. The number of hydrogen-bond acceptors (Lipinski definition) is 1. The number of nitrogens with zero attached hydrogens (tertiary/aromatic N) is 3. The molecule has 0 bridgehead atoms. The van der Waals surface area contributed by atoms with E-state index in [1.54, 1.807) is 0 Å². The van der Waals surface area contributed by atoms with Gasteiger partial charge in [-0.2, -0.15) is 0 Å². The third kappa shape index (κ3) is 4.33. The molecule has 0 fully saturated rings. The van der Waals surface area contributed by atoms with Crippen LogP contribution in [0.4, 0.5) is 0 Å². The molecule has 216 valence electrons. The Morgan fingerprint density at radius 1 is 0.348 bits per heavy atom. The Morgan fingerprint density at radius 2 is 0.848 bits per heavy atom. The molecule has 0 radical (unpaired) electrons. The standard InChI is InChI=1S/C43H29N3/c1-3-13-30(14-4-1)38-28-35(29-39(44-38)31-15-5-2-6-16-31)46-40-20-10-7-17-33(40)27-43(46)32-23-25-34(26-24-32)45-41-21-11-8-18-36(41)37-19-9-12-22-42(37)45/h1-29H. The summed E-state index contributed by atoms with van der Waals surface area (Å²) in [6.07, 6.45) is 0. The Labute approximate surface area is 267 Å². The molecule has 0 atom stereocenters. The minimum Gasteiger partial charge on any atom is -0.309 e. The van der Waals surface area contributed by atoms with Crippen LogP contribution in [-0.2, 0) is 0 Å². The van der Waals surface area contributed by atoms with Crippen molar-refractivity contribution < 1.29 is 0 Å². The number of pyridine rings is 1. The molecule has 9 aromatic rings. The summed E-state index contributed by atoms with van der Waals surface area (Å²) in [6.45, 7) is 0. The molecule has 3 nitrogen and oxygen atoms in total. The van der Waals surface area contributed by atoms with E-state index in [1.165, 1.54) is 27.2 Å². The average Bonchev–Trinajstić information content (AvgIpc) is 3.69. The van der Waals surface area contributed by atoms with Crippen LogP contribution in [0.25, 0.3) is 77.9 Å². The molecule has 0 amide bonds.